The van der Waals surface area contributed by atoms with Crippen LogP contribution in [0.25, 0.3) is 11.5 Å². The summed E-state index contributed by atoms with van der Waals surface area (Å²) in [7, 11) is 0. The molecule has 0 saturated heterocycles. The molecule has 0 radical (unpaired) electrons. The van der Waals surface area contributed by atoms with E-state index in [1.807, 2.05) is 11.4 Å². The molecule has 4 rings (SSSR count). The second-order valence-electron chi connectivity index (χ2n) is 7.37. The molecule has 0 fully saturated rings. The van der Waals surface area contributed by atoms with Crippen LogP contribution in [0.3, 0.4) is 0 Å². The molecule has 3 aromatic heterocycles. The minimum absolute atomic E-state index is 0.128. The van der Waals surface area contributed by atoms with Crippen LogP contribution in [0.2, 0.25) is 0 Å². The van der Waals surface area contributed by atoms with Gasteiger partial charge < -0.3 is 9.73 Å². The molecular weight excluding hydrogens is 456 g/mol. The maximum atomic E-state index is 13.0. The summed E-state index contributed by atoms with van der Waals surface area (Å²) < 4.78 is 5.73. The lowest BCUT2D eigenvalue weighted by atomic mass is 10.1. The van der Waals surface area contributed by atoms with Gasteiger partial charge in [-0.25, -0.2) is 9.97 Å². The van der Waals surface area contributed by atoms with Crippen LogP contribution in [0, 0.1) is 13.8 Å². The average molecular weight is 479 g/mol. The van der Waals surface area contributed by atoms with Crippen LogP contribution in [0.1, 0.15) is 34.2 Å². The van der Waals surface area contributed by atoms with Gasteiger partial charge in [-0.2, -0.15) is 0 Å². The Balaban J connectivity index is 1.47. The molecule has 0 aliphatic carbocycles. The van der Waals surface area contributed by atoms with Gasteiger partial charge in [-0.15, -0.1) is 11.3 Å². The summed E-state index contributed by atoms with van der Waals surface area (Å²) in [6, 6.07) is 13.2. The van der Waals surface area contributed by atoms with Crippen molar-refractivity contribution >= 4 is 40.0 Å². The number of furan rings is 1. The highest BCUT2D eigenvalue weighted by molar-refractivity contribution is 7.99. The van der Waals surface area contributed by atoms with Gasteiger partial charge >= 0.3 is 0 Å². The molecule has 0 saturated carbocycles. The van der Waals surface area contributed by atoms with Crippen LogP contribution in [0.15, 0.2) is 68.4 Å². The van der Waals surface area contributed by atoms with Crippen LogP contribution in [0.5, 0.6) is 0 Å². The molecule has 0 unspecified atom stereocenters. The molecule has 0 atom stereocenters. The fourth-order valence-electron chi connectivity index (χ4n) is 2.96. The molecule has 4 aromatic rings. The Kier molecular flexibility index (Phi) is 6.90. The molecule has 1 aromatic carbocycles. The summed E-state index contributed by atoms with van der Waals surface area (Å²) in [5.41, 5.74) is 3.50. The summed E-state index contributed by atoms with van der Waals surface area (Å²) in [6.45, 7) is 5.89. The number of hydrogen-bond acceptors (Lipinski definition) is 7. The number of nitrogens with zero attached hydrogens (tertiary/aromatic N) is 2. The third-order valence-corrected chi connectivity index (χ3v) is 6.63. The lowest BCUT2D eigenvalue weighted by Gasteiger charge is -2.09. The number of pyridine rings is 1. The number of nitrogens with one attached hydrogen (secondary N) is 2. The largest absolute Gasteiger partial charge is 0.458 e. The van der Waals surface area contributed by atoms with E-state index < -0.39 is 0 Å². The van der Waals surface area contributed by atoms with Crippen molar-refractivity contribution in [1.29, 1.82) is 0 Å². The van der Waals surface area contributed by atoms with Crippen molar-refractivity contribution in [2.75, 3.05) is 5.32 Å². The van der Waals surface area contributed by atoms with Crippen molar-refractivity contribution < 1.29 is 14.0 Å². The molecule has 0 aliphatic rings. The summed E-state index contributed by atoms with van der Waals surface area (Å²) >= 11 is 2.76. The predicted molar refractivity (Wildman–Crippen MR) is 130 cm³/mol. The highest BCUT2D eigenvalue weighted by Crippen LogP contribution is 2.31. The van der Waals surface area contributed by atoms with Crippen molar-refractivity contribution in [3.63, 3.8) is 0 Å². The molecule has 7 nitrogen and oxygen atoms in total. The number of anilines is 1. The Morgan fingerprint density at radius 2 is 1.97 bits per heavy atom. The van der Waals surface area contributed by atoms with Crippen molar-refractivity contribution in [1.82, 2.24) is 15.3 Å². The van der Waals surface area contributed by atoms with Crippen LogP contribution in [-0.4, -0.2) is 21.8 Å². The average Bonchev–Trinajstić information content (AvgIpc) is 3.45. The molecule has 33 heavy (non-hydrogen) atoms. The Hall–Kier alpha value is -3.43. The molecule has 3 heterocycles. The molecule has 2 amide bonds. The summed E-state index contributed by atoms with van der Waals surface area (Å²) in [6.07, 6.45) is 1.68. The SMILES string of the molecule is CC(=O)NCc1ccc(-c2csc(NC(=O)c3cccnc3Sc3ccc(C)c(C)c3)n2)o1. The minimum Gasteiger partial charge on any atom is -0.458 e. The van der Waals surface area contributed by atoms with Crippen LogP contribution in [-0.2, 0) is 11.3 Å². The molecule has 168 valence electrons. The Bertz CT molecular complexity index is 1310. The van der Waals surface area contributed by atoms with E-state index >= 15 is 0 Å². The van der Waals surface area contributed by atoms with Gasteiger partial charge in [0.25, 0.3) is 5.91 Å². The van der Waals surface area contributed by atoms with Gasteiger partial charge in [0.2, 0.25) is 5.91 Å². The number of carbonyl (C=O) groups excluding carboxylic acids is 2. The van der Waals surface area contributed by atoms with Gasteiger partial charge in [0.1, 0.15) is 16.5 Å². The number of amides is 2. The fraction of sp³-hybridized carbons (Fsp3) is 0.167. The van der Waals surface area contributed by atoms with Crippen molar-refractivity contribution in [3.8, 4) is 11.5 Å². The predicted octanol–water partition coefficient (Wildman–Crippen LogP) is 5.45. The van der Waals surface area contributed by atoms with E-state index in [9.17, 15) is 9.59 Å². The molecule has 0 spiro atoms. The zero-order valence-electron chi connectivity index (χ0n) is 18.3. The zero-order chi connectivity index (χ0) is 23.4. The van der Waals surface area contributed by atoms with E-state index in [4.69, 9.17) is 4.42 Å². The second-order valence-corrected chi connectivity index (χ2v) is 9.29. The van der Waals surface area contributed by atoms with E-state index in [1.54, 1.807) is 30.5 Å². The third kappa shape index (κ3) is 5.68. The molecular formula is C24H22N4O3S2. The first-order valence-corrected chi connectivity index (χ1v) is 11.9. The minimum atomic E-state index is -0.277. The Morgan fingerprint density at radius 3 is 2.76 bits per heavy atom. The maximum Gasteiger partial charge on any atom is 0.260 e. The monoisotopic (exact) mass is 478 g/mol. The van der Waals surface area contributed by atoms with Crippen molar-refractivity contribution in [2.45, 2.75) is 37.2 Å². The zero-order valence-corrected chi connectivity index (χ0v) is 20.0. The van der Waals surface area contributed by atoms with Gasteiger partial charge in [-0.1, -0.05) is 17.8 Å². The number of benzene rings is 1. The Morgan fingerprint density at radius 1 is 1.12 bits per heavy atom. The molecule has 0 bridgehead atoms. The number of hydrogen-bond donors (Lipinski definition) is 2. The maximum absolute atomic E-state index is 13.0. The Labute approximate surface area is 199 Å². The van der Waals surface area contributed by atoms with Gasteiger partial charge in [0.05, 0.1) is 12.1 Å². The quantitative estimate of drug-likeness (QED) is 0.366. The molecule has 0 aliphatic heterocycles. The number of aryl methyl sites for hydroxylation is 2. The number of thiazole rings is 1. The summed E-state index contributed by atoms with van der Waals surface area (Å²) in [5.74, 6) is 0.791. The number of rotatable bonds is 7. The van der Waals surface area contributed by atoms with Crippen molar-refractivity contribution in [2.24, 2.45) is 0 Å². The number of aromatic nitrogens is 2. The topological polar surface area (TPSA) is 97.1 Å². The first kappa shape index (κ1) is 22.8. The number of carbonyl (C=O) groups is 2. The van der Waals surface area contributed by atoms with Gasteiger partial charge in [-0.3, -0.25) is 14.9 Å². The smallest absolute Gasteiger partial charge is 0.260 e. The summed E-state index contributed by atoms with van der Waals surface area (Å²) in [5, 5.41) is 8.45. The van der Waals surface area contributed by atoms with E-state index in [-0.39, 0.29) is 11.8 Å². The van der Waals surface area contributed by atoms with Crippen LogP contribution in [0.4, 0.5) is 5.13 Å². The van der Waals surface area contributed by atoms with Crippen molar-refractivity contribution in [3.05, 3.63) is 76.5 Å². The highest BCUT2D eigenvalue weighted by atomic mass is 32.2. The third-order valence-electron chi connectivity index (χ3n) is 4.86. The van der Waals surface area contributed by atoms with E-state index in [2.05, 4.69) is 46.6 Å². The van der Waals surface area contributed by atoms with E-state index in [0.29, 0.717) is 39.5 Å². The molecule has 9 heteroatoms. The van der Waals surface area contributed by atoms with E-state index in [1.165, 1.54) is 41.1 Å². The van der Waals surface area contributed by atoms with Gasteiger partial charge in [0.15, 0.2) is 10.9 Å². The first-order valence-electron chi connectivity index (χ1n) is 10.2. The lowest BCUT2D eigenvalue weighted by molar-refractivity contribution is -0.119. The normalized spacial score (nSPS) is 10.8. The van der Waals surface area contributed by atoms with Crippen LogP contribution >= 0.6 is 23.1 Å². The second kappa shape index (κ2) is 10.0. The molecule has 2 N–H and O–H groups in total. The lowest BCUT2D eigenvalue weighted by Crippen LogP contribution is -2.18. The summed E-state index contributed by atoms with van der Waals surface area (Å²) in [4.78, 5) is 34.0. The van der Waals surface area contributed by atoms with E-state index in [0.717, 1.165) is 4.90 Å². The first-order chi connectivity index (χ1) is 15.9. The highest BCUT2D eigenvalue weighted by Gasteiger charge is 2.17. The fourth-order valence-corrected chi connectivity index (χ4v) is 4.64. The standard InChI is InChI=1S/C24H22N4O3S2/c1-14-6-8-18(11-15(14)2)33-23-19(5-4-10-25-23)22(30)28-24-27-20(13-32-24)21-9-7-17(31-21)12-26-16(3)29/h4-11,13H,12H2,1-3H3,(H,26,29)(H,27,28,30). The van der Waals surface area contributed by atoms with Gasteiger partial charge in [0, 0.05) is 23.4 Å². The van der Waals surface area contributed by atoms with Crippen LogP contribution < -0.4 is 10.6 Å². The van der Waals surface area contributed by atoms with Gasteiger partial charge in [-0.05, 0) is 61.4 Å².